The minimum absolute atomic E-state index is 0.185. The largest absolute Gasteiger partial charge is 0.389 e. The van der Waals surface area contributed by atoms with Gasteiger partial charge in [-0.2, -0.15) is 0 Å². The van der Waals surface area contributed by atoms with Crippen LogP contribution in [0.2, 0.25) is 0 Å². The van der Waals surface area contributed by atoms with Crippen LogP contribution >= 0.6 is 0 Å². The molecule has 1 atom stereocenters. The monoisotopic (exact) mass is 220 g/mol. The summed E-state index contributed by atoms with van der Waals surface area (Å²) in [6, 6.07) is 3.87. The third-order valence-corrected chi connectivity index (χ3v) is 3.43. The van der Waals surface area contributed by atoms with Crippen molar-refractivity contribution in [2.45, 2.75) is 45.3 Å². The molecule has 0 amide bonds. The van der Waals surface area contributed by atoms with Gasteiger partial charge in [0, 0.05) is 18.3 Å². The smallest absolute Gasteiger partial charge is 0.129 e. The molecule has 0 spiro atoms. The van der Waals surface area contributed by atoms with Gasteiger partial charge in [-0.3, -0.25) is 0 Å². The molecule has 1 aromatic heterocycles. The number of pyridine rings is 1. The van der Waals surface area contributed by atoms with Gasteiger partial charge < -0.3 is 10.0 Å². The van der Waals surface area contributed by atoms with Crippen molar-refractivity contribution in [1.82, 2.24) is 4.98 Å². The average Bonchev–Trinajstić information content (AvgIpc) is 2.58. The van der Waals surface area contributed by atoms with Crippen LogP contribution in [-0.4, -0.2) is 22.2 Å². The van der Waals surface area contributed by atoms with Gasteiger partial charge in [0.25, 0.3) is 0 Å². The van der Waals surface area contributed by atoms with E-state index in [0.29, 0.717) is 0 Å². The Balaban J connectivity index is 2.30. The standard InChI is InChI=1S/C13H20N2O/c1-10(16)11-5-7-14-12(9-11)15-8-4-6-13(15,2)3/h5,7,9-10,16H,4,6,8H2,1-3H3. The minimum Gasteiger partial charge on any atom is -0.389 e. The SMILES string of the molecule is CC(O)c1ccnc(N2CCCC2(C)C)c1. The highest BCUT2D eigenvalue weighted by Gasteiger charge is 2.32. The van der Waals surface area contributed by atoms with Crippen LogP contribution in [0.5, 0.6) is 0 Å². The molecule has 1 aliphatic heterocycles. The third-order valence-electron chi connectivity index (χ3n) is 3.43. The maximum Gasteiger partial charge on any atom is 0.129 e. The summed E-state index contributed by atoms with van der Waals surface area (Å²) in [5.74, 6) is 0.987. The Kier molecular flexibility index (Phi) is 2.89. The van der Waals surface area contributed by atoms with E-state index in [4.69, 9.17) is 0 Å². The van der Waals surface area contributed by atoms with Gasteiger partial charge in [-0.15, -0.1) is 0 Å². The van der Waals surface area contributed by atoms with Gasteiger partial charge in [-0.25, -0.2) is 4.98 Å². The predicted molar refractivity (Wildman–Crippen MR) is 65.5 cm³/mol. The lowest BCUT2D eigenvalue weighted by Gasteiger charge is -2.33. The summed E-state index contributed by atoms with van der Waals surface area (Å²) in [6.45, 7) is 7.34. The number of nitrogens with zero attached hydrogens (tertiary/aromatic N) is 2. The van der Waals surface area contributed by atoms with E-state index in [1.165, 1.54) is 12.8 Å². The number of aliphatic hydroxyl groups is 1. The zero-order chi connectivity index (χ0) is 11.8. The van der Waals surface area contributed by atoms with Crippen molar-refractivity contribution in [3.8, 4) is 0 Å². The van der Waals surface area contributed by atoms with Gasteiger partial charge in [0.15, 0.2) is 0 Å². The third kappa shape index (κ3) is 2.05. The first kappa shape index (κ1) is 11.4. The summed E-state index contributed by atoms with van der Waals surface area (Å²) in [5.41, 5.74) is 1.12. The number of hydrogen-bond donors (Lipinski definition) is 1. The lowest BCUT2D eigenvalue weighted by atomic mass is 10.0. The molecule has 1 saturated heterocycles. The van der Waals surface area contributed by atoms with E-state index < -0.39 is 6.10 Å². The molecule has 0 aliphatic carbocycles. The van der Waals surface area contributed by atoms with Crippen molar-refractivity contribution in [1.29, 1.82) is 0 Å². The van der Waals surface area contributed by atoms with Crippen LogP contribution in [0.25, 0.3) is 0 Å². The second-order valence-electron chi connectivity index (χ2n) is 5.19. The zero-order valence-electron chi connectivity index (χ0n) is 10.3. The summed E-state index contributed by atoms with van der Waals surface area (Å²) in [7, 11) is 0. The maximum absolute atomic E-state index is 9.57. The topological polar surface area (TPSA) is 36.4 Å². The highest BCUT2D eigenvalue weighted by Crippen LogP contribution is 2.33. The fourth-order valence-electron chi connectivity index (χ4n) is 2.37. The molecule has 16 heavy (non-hydrogen) atoms. The molecular formula is C13H20N2O. The van der Waals surface area contributed by atoms with Crippen molar-refractivity contribution in [2.24, 2.45) is 0 Å². The molecule has 1 unspecified atom stereocenters. The van der Waals surface area contributed by atoms with Crippen molar-refractivity contribution < 1.29 is 5.11 Å². The highest BCUT2D eigenvalue weighted by atomic mass is 16.3. The van der Waals surface area contributed by atoms with E-state index in [1.807, 2.05) is 12.1 Å². The Morgan fingerprint density at radius 2 is 2.25 bits per heavy atom. The van der Waals surface area contributed by atoms with Crippen LogP contribution in [0.1, 0.15) is 45.3 Å². The van der Waals surface area contributed by atoms with Gasteiger partial charge >= 0.3 is 0 Å². The van der Waals surface area contributed by atoms with E-state index in [0.717, 1.165) is 17.9 Å². The molecule has 1 N–H and O–H groups in total. The summed E-state index contributed by atoms with van der Waals surface area (Å²) in [5, 5.41) is 9.57. The molecule has 0 radical (unpaired) electrons. The normalized spacial score (nSPS) is 21.1. The van der Waals surface area contributed by atoms with E-state index in [2.05, 4.69) is 23.7 Å². The van der Waals surface area contributed by atoms with Crippen LogP contribution in [0.3, 0.4) is 0 Å². The van der Waals surface area contributed by atoms with Crippen LogP contribution in [0.4, 0.5) is 5.82 Å². The Hall–Kier alpha value is -1.09. The summed E-state index contributed by atoms with van der Waals surface area (Å²) in [6.07, 6.45) is 3.78. The molecule has 0 saturated carbocycles. The maximum atomic E-state index is 9.57. The quantitative estimate of drug-likeness (QED) is 0.832. The molecule has 3 nitrogen and oxygen atoms in total. The Labute approximate surface area is 97.1 Å². The Bertz CT molecular complexity index is 374. The Morgan fingerprint density at radius 3 is 2.81 bits per heavy atom. The van der Waals surface area contributed by atoms with Crippen molar-refractivity contribution >= 4 is 5.82 Å². The molecule has 1 fully saturated rings. The van der Waals surface area contributed by atoms with Gasteiger partial charge in [0.05, 0.1) is 6.10 Å². The summed E-state index contributed by atoms with van der Waals surface area (Å²) < 4.78 is 0. The number of rotatable bonds is 2. The first-order chi connectivity index (χ1) is 7.50. The fourth-order valence-corrected chi connectivity index (χ4v) is 2.37. The second-order valence-corrected chi connectivity index (χ2v) is 5.19. The van der Waals surface area contributed by atoms with E-state index in [-0.39, 0.29) is 5.54 Å². The van der Waals surface area contributed by atoms with Crippen LogP contribution in [0, 0.1) is 0 Å². The molecule has 2 rings (SSSR count). The van der Waals surface area contributed by atoms with Crippen LogP contribution in [-0.2, 0) is 0 Å². The highest BCUT2D eigenvalue weighted by molar-refractivity contribution is 5.45. The molecule has 2 heterocycles. The van der Waals surface area contributed by atoms with Crippen molar-refractivity contribution in [3.05, 3.63) is 23.9 Å². The molecule has 1 aliphatic rings. The molecular weight excluding hydrogens is 200 g/mol. The molecule has 0 aromatic carbocycles. The van der Waals surface area contributed by atoms with Crippen LogP contribution in [0.15, 0.2) is 18.3 Å². The number of anilines is 1. The van der Waals surface area contributed by atoms with Gasteiger partial charge in [0.2, 0.25) is 0 Å². The van der Waals surface area contributed by atoms with Gasteiger partial charge in [0.1, 0.15) is 5.82 Å². The summed E-state index contributed by atoms with van der Waals surface area (Å²) in [4.78, 5) is 6.75. The van der Waals surface area contributed by atoms with Crippen molar-refractivity contribution in [2.75, 3.05) is 11.4 Å². The van der Waals surface area contributed by atoms with E-state index >= 15 is 0 Å². The fraction of sp³-hybridized carbons (Fsp3) is 0.615. The lowest BCUT2D eigenvalue weighted by Crippen LogP contribution is -2.38. The Morgan fingerprint density at radius 1 is 1.50 bits per heavy atom. The molecule has 0 bridgehead atoms. The lowest BCUT2D eigenvalue weighted by molar-refractivity contribution is 0.199. The van der Waals surface area contributed by atoms with Gasteiger partial charge in [-0.1, -0.05) is 0 Å². The molecule has 1 aromatic rings. The number of aromatic nitrogens is 1. The second kappa shape index (κ2) is 4.06. The molecule has 88 valence electrons. The molecule has 3 heteroatoms. The van der Waals surface area contributed by atoms with E-state index in [1.54, 1.807) is 13.1 Å². The van der Waals surface area contributed by atoms with Crippen molar-refractivity contribution in [3.63, 3.8) is 0 Å². The first-order valence-corrected chi connectivity index (χ1v) is 5.92. The number of aliphatic hydroxyl groups excluding tert-OH is 1. The van der Waals surface area contributed by atoms with E-state index in [9.17, 15) is 5.11 Å². The first-order valence-electron chi connectivity index (χ1n) is 5.92. The predicted octanol–water partition coefficient (Wildman–Crippen LogP) is 2.51. The minimum atomic E-state index is -0.424. The summed E-state index contributed by atoms with van der Waals surface area (Å²) >= 11 is 0. The number of hydrogen-bond acceptors (Lipinski definition) is 3. The average molecular weight is 220 g/mol. The van der Waals surface area contributed by atoms with Crippen LogP contribution < -0.4 is 4.90 Å². The zero-order valence-corrected chi connectivity index (χ0v) is 10.3. The van der Waals surface area contributed by atoms with Gasteiger partial charge in [-0.05, 0) is 51.3 Å².